The molecule has 0 aromatic heterocycles. The zero-order valence-corrected chi connectivity index (χ0v) is 10.5. The molecule has 17 heavy (non-hydrogen) atoms. The topological polar surface area (TPSA) is 21.3 Å². The summed E-state index contributed by atoms with van der Waals surface area (Å²) in [5.74, 6) is 1.59. The minimum absolute atomic E-state index is 0.398. The van der Waals surface area contributed by atoms with E-state index in [9.17, 15) is 0 Å². The molecule has 1 saturated carbocycles. The van der Waals surface area contributed by atoms with E-state index in [-0.39, 0.29) is 0 Å². The Kier molecular flexibility index (Phi) is 2.93. The predicted octanol–water partition coefficient (Wildman–Crippen LogP) is 2.42. The first-order valence-corrected chi connectivity index (χ1v) is 6.63. The van der Waals surface area contributed by atoms with Gasteiger partial charge in [-0.25, -0.2) is 0 Å². The van der Waals surface area contributed by atoms with E-state index in [2.05, 4.69) is 42.7 Å². The Morgan fingerprint density at radius 2 is 2.18 bits per heavy atom. The van der Waals surface area contributed by atoms with Crippen LogP contribution in [0.5, 0.6) is 0 Å². The van der Waals surface area contributed by atoms with Crippen LogP contribution in [0.3, 0.4) is 0 Å². The molecule has 1 saturated heterocycles. The Balaban J connectivity index is 1.74. The molecule has 3 rings (SSSR count). The summed E-state index contributed by atoms with van der Waals surface area (Å²) in [6.07, 6.45) is 2.57. The van der Waals surface area contributed by atoms with Crippen molar-refractivity contribution in [1.29, 1.82) is 0 Å². The second-order valence-electron chi connectivity index (χ2n) is 5.55. The number of ether oxygens (including phenoxy) is 1. The average molecular weight is 231 g/mol. The largest absolute Gasteiger partial charge is 0.381 e. The minimum atomic E-state index is 0.398. The van der Waals surface area contributed by atoms with Crippen LogP contribution < -0.4 is 5.32 Å². The van der Waals surface area contributed by atoms with Crippen LogP contribution in [-0.2, 0) is 4.74 Å². The number of hydrogen-bond acceptors (Lipinski definition) is 2. The van der Waals surface area contributed by atoms with E-state index in [1.807, 2.05) is 0 Å². The first-order valence-electron chi connectivity index (χ1n) is 6.63. The zero-order valence-electron chi connectivity index (χ0n) is 10.5. The standard InChI is InChI=1S/C15H21NO/c1-16-10-15(7-8-17-11-15)14-9-13(14)12-5-3-2-4-6-12/h2-6,13-14,16H,7-11H2,1H3. The third-order valence-electron chi connectivity index (χ3n) is 4.47. The highest BCUT2D eigenvalue weighted by molar-refractivity contribution is 5.27. The molecule has 2 aliphatic rings. The van der Waals surface area contributed by atoms with E-state index in [0.29, 0.717) is 5.41 Å². The van der Waals surface area contributed by atoms with Gasteiger partial charge < -0.3 is 10.1 Å². The molecule has 2 nitrogen and oxygen atoms in total. The fourth-order valence-corrected chi connectivity index (χ4v) is 3.48. The van der Waals surface area contributed by atoms with Crippen molar-refractivity contribution in [1.82, 2.24) is 5.32 Å². The molecule has 1 aliphatic heterocycles. The van der Waals surface area contributed by atoms with Crippen molar-refractivity contribution in [3.63, 3.8) is 0 Å². The monoisotopic (exact) mass is 231 g/mol. The van der Waals surface area contributed by atoms with Crippen molar-refractivity contribution < 1.29 is 4.74 Å². The van der Waals surface area contributed by atoms with Crippen molar-refractivity contribution in [2.75, 3.05) is 26.8 Å². The fraction of sp³-hybridized carbons (Fsp3) is 0.600. The Morgan fingerprint density at radius 1 is 1.35 bits per heavy atom. The molecule has 1 aliphatic carbocycles. The Labute approximate surface area is 103 Å². The molecule has 0 amide bonds. The lowest BCUT2D eigenvalue weighted by atomic mass is 9.80. The van der Waals surface area contributed by atoms with Crippen LogP contribution in [0.2, 0.25) is 0 Å². The van der Waals surface area contributed by atoms with E-state index in [1.54, 1.807) is 0 Å². The van der Waals surface area contributed by atoms with Crippen LogP contribution in [-0.4, -0.2) is 26.8 Å². The third-order valence-corrected chi connectivity index (χ3v) is 4.47. The lowest BCUT2D eigenvalue weighted by Gasteiger charge is -2.27. The quantitative estimate of drug-likeness (QED) is 0.859. The van der Waals surface area contributed by atoms with Crippen molar-refractivity contribution in [3.8, 4) is 0 Å². The molecule has 3 unspecified atom stereocenters. The summed E-state index contributed by atoms with van der Waals surface area (Å²) in [5, 5.41) is 3.36. The number of hydrogen-bond donors (Lipinski definition) is 1. The van der Waals surface area contributed by atoms with Crippen LogP contribution in [0.4, 0.5) is 0 Å². The maximum atomic E-state index is 5.66. The number of nitrogens with one attached hydrogen (secondary N) is 1. The Bertz CT molecular complexity index is 370. The van der Waals surface area contributed by atoms with Crippen LogP contribution in [0.15, 0.2) is 30.3 Å². The van der Waals surface area contributed by atoms with E-state index < -0.39 is 0 Å². The normalized spacial score (nSPS) is 36.1. The maximum absolute atomic E-state index is 5.66. The summed E-state index contributed by atoms with van der Waals surface area (Å²) in [6.45, 7) is 2.99. The van der Waals surface area contributed by atoms with Gasteiger partial charge in [0.1, 0.15) is 0 Å². The first-order chi connectivity index (χ1) is 8.36. The molecule has 2 fully saturated rings. The van der Waals surface area contributed by atoms with Crippen molar-refractivity contribution in [2.24, 2.45) is 11.3 Å². The van der Waals surface area contributed by atoms with E-state index >= 15 is 0 Å². The SMILES string of the molecule is CNCC1(C2CC2c2ccccc2)CCOC1. The summed E-state index contributed by atoms with van der Waals surface area (Å²) < 4.78 is 5.66. The van der Waals surface area contributed by atoms with Gasteiger partial charge in [0.2, 0.25) is 0 Å². The number of rotatable bonds is 4. The molecule has 1 aromatic carbocycles. The minimum Gasteiger partial charge on any atom is -0.381 e. The van der Waals surface area contributed by atoms with Gasteiger partial charge in [-0.05, 0) is 37.3 Å². The Hall–Kier alpha value is -0.860. The second-order valence-corrected chi connectivity index (χ2v) is 5.55. The Morgan fingerprint density at radius 3 is 2.82 bits per heavy atom. The third kappa shape index (κ3) is 2.00. The number of benzene rings is 1. The van der Waals surface area contributed by atoms with Gasteiger partial charge in [-0.2, -0.15) is 0 Å². The van der Waals surface area contributed by atoms with Crippen molar-refractivity contribution >= 4 is 0 Å². The van der Waals surface area contributed by atoms with Crippen molar-refractivity contribution in [2.45, 2.75) is 18.8 Å². The lowest BCUT2D eigenvalue weighted by Crippen LogP contribution is -2.35. The molecule has 0 radical (unpaired) electrons. The van der Waals surface area contributed by atoms with Crippen LogP contribution in [0, 0.1) is 11.3 Å². The van der Waals surface area contributed by atoms with Gasteiger partial charge in [0, 0.05) is 18.6 Å². The van der Waals surface area contributed by atoms with Gasteiger partial charge in [-0.15, -0.1) is 0 Å². The van der Waals surface area contributed by atoms with Gasteiger partial charge >= 0.3 is 0 Å². The molecule has 0 spiro atoms. The molecular formula is C15H21NO. The smallest absolute Gasteiger partial charge is 0.0538 e. The molecular weight excluding hydrogens is 210 g/mol. The molecule has 2 heteroatoms. The fourth-order valence-electron chi connectivity index (χ4n) is 3.48. The lowest BCUT2D eigenvalue weighted by molar-refractivity contribution is 0.136. The predicted molar refractivity (Wildman–Crippen MR) is 69.1 cm³/mol. The summed E-state index contributed by atoms with van der Waals surface area (Å²) in [6, 6.07) is 10.9. The second kappa shape index (κ2) is 4.43. The highest BCUT2D eigenvalue weighted by Gasteiger charge is 2.54. The van der Waals surface area contributed by atoms with E-state index in [1.165, 1.54) is 18.4 Å². The van der Waals surface area contributed by atoms with Crippen molar-refractivity contribution in [3.05, 3.63) is 35.9 Å². The van der Waals surface area contributed by atoms with Gasteiger partial charge in [0.15, 0.2) is 0 Å². The van der Waals surface area contributed by atoms with Crippen LogP contribution in [0.25, 0.3) is 0 Å². The molecule has 3 atom stereocenters. The summed E-state index contributed by atoms with van der Waals surface area (Å²) >= 11 is 0. The van der Waals surface area contributed by atoms with Gasteiger partial charge in [0.25, 0.3) is 0 Å². The molecule has 1 N–H and O–H groups in total. The summed E-state index contributed by atoms with van der Waals surface area (Å²) in [4.78, 5) is 0. The maximum Gasteiger partial charge on any atom is 0.0538 e. The molecule has 92 valence electrons. The summed E-state index contributed by atoms with van der Waals surface area (Å²) in [7, 11) is 2.06. The molecule has 0 bridgehead atoms. The summed E-state index contributed by atoms with van der Waals surface area (Å²) in [5.41, 5.74) is 1.91. The first kappa shape index (κ1) is 11.2. The van der Waals surface area contributed by atoms with Gasteiger partial charge in [0.05, 0.1) is 6.61 Å². The highest BCUT2D eigenvalue weighted by atomic mass is 16.5. The molecule has 1 heterocycles. The highest BCUT2D eigenvalue weighted by Crippen LogP contribution is 2.59. The van der Waals surface area contributed by atoms with Crippen LogP contribution >= 0.6 is 0 Å². The van der Waals surface area contributed by atoms with E-state index in [4.69, 9.17) is 4.74 Å². The zero-order chi connectivity index (χ0) is 11.7. The van der Waals surface area contributed by atoms with E-state index in [0.717, 1.165) is 31.6 Å². The van der Waals surface area contributed by atoms with Gasteiger partial charge in [-0.1, -0.05) is 30.3 Å². The van der Waals surface area contributed by atoms with Crippen LogP contribution in [0.1, 0.15) is 24.3 Å². The average Bonchev–Trinajstić information content (AvgIpc) is 3.06. The van der Waals surface area contributed by atoms with Gasteiger partial charge in [-0.3, -0.25) is 0 Å². The molecule has 1 aromatic rings.